The predicted molar refractivity (Wildman–Crippen MR) is 85.1 cm³/mol. The van der Waals surface area contributed by atoms with Gasteiger partial charge < -0.3 is 10.1 Å². The average Bonchev–Trinajstić information content (AvgIpc) is 2.44. The van der Waals surface area contributed by atoms with E-state index in [4.69, 9.17) is 16.3 Å². The molecule has 0 aliphatic carbocycles. The van der Waals surface area contributed by atoms with Crippen LogP contribution >= 0.6 is 27.5 Å². The number of non-ortho nitro benzene ring substituents is 1. The van der Waals surface area contributed by atoms with Crippen molar-refractivity contribution in [3.05, 3.63) is 61.6 Å². The van der Waals surface area contributed by atoms with Gasteiger partial charge in [0.2, 0.25) is 0 Å². The summed E-state index contributed by atoms with van der Waals surface area (Å²) in [5.41, 5.74) is 0.882. The fourth-order valence-electron chi connectivity index (χ4n) is 1.76. The maximum atomic E-state index is 10.7. The van der Waals surface area contributed by atoms with Crippen LogP contribution < -0.4 is 10.1 Å². The molecule has 0 atom stereocenters. The fraction of sp³-hybridized carbons (Fsp3) is 0.143. The van der Waals surface area contributed by atoms with Crippen LogP contribution in [0.25, 0.3) is 0 Å². The largest absolute Gasteiger partial charge is 0.455 e. The van der Waals surface area contributed by atoms with Gasteiger partial charge in [0.25, 0.3) is 5.69 Å². The molecule has 2 aromatic carbocycles. The molecule has 0 aliphatic heterocycles. The average molecular weight is 372 g/mol. The molecule has 0 aromatic heterocycles. The predicted octanol–water partition coefficient (Wildman–Crippen LogP) is 4.52. The second-order valence-corrected chi connectivity index (χ2v) is 5.58. The van der Waals surface area contributed by atoms with Gasteiger partial charge in [-0.2, -0.15) is 0 Å². The summed E-state index contributed by atoms with van der Waals surface area (Å²) in [4.78, 5) is 10.2. The zero-order valence-corrected chi connectivity index (χ0v) is 13.4. The Labute approximate surface area is 135 Å². The van der Waals surface area contributed by atoms with Crippen LogP contribution in [0.4, 0.5) is 5.69 Å². The lowest BCUT2D eigenvalue weighted by Gasteiger charge is -2.12. The lowest BCUT2D eigenvalue weighted by Crippen LogP contribution is -2.06. The Kier molecular flexibility index (Phi) is 5.17. The van der Waals surface area contributed by atoms with Gasteiger partial charge in [-0.05, 0) is 25.2 Å². The standard InChI is InChI=1S/C14H12BrClN2O3/c1-17-8-9-2-3-10(15)6-14(9)21-13-5-4-11(18(19)20)7-12(13)16/h2-7,17H,8H2,1H3. The van der Waals surface area contributed by atoms with Crippen LogP contribution in [0.15, 0.2) is 40.9 Å². The summed E-state index contributed by atoms with van der Waals surface area (Å²) in [6.07, 6.45) is 0. The smallest absolute Gasteiger partial charge is 0.271 e. The highest BCUT2D eigenvalue weighted by molar-refractivity contribution is 9.10. The van der Waals surface area contributed by atoms with Gasteiger partial charge in [0.1, 0.15) is 11.5 Å². The van der Waals surface area contributed by atoms with E-state index >= 15 is 0 Å². The molecule has 1 N–H and O–H groups in total. The molecule has 0 amide bonds. The van der Waals surface area contributed by atoms with Crippen molar-refractivity contribution in [1.82, 2.24) is 5.32 Å². The van der Waals surface area contributed by atoms with Crippen LogP contribution in [0.1, 0.15) is 5.56 Å². The highest BCUT2D eigenvalue weighted by Crippen LogP contribution is 2.34. The van der Waals surface area contributed by atoms with Crippen LogP contribution in [-0.4, -0.2) is 12.0 Å². The van der Waals surface area contributed by atoms with Crippen molar-refractivity contribution < 1.29 is 9.66 Å². The van der Waals surface area contributed by atoms with E-state index in [1.807, 2.05) is 25.2 Å². The van der Waals surface area contributed by atoms with Crippen molar-refractivity contribution in [2.45, 2.75) is 6.54 Å². The molecule has 7 heteroatoms. The molecule has 110 valence electrons. The summed E-state index contributed by atoms with van der Waals surface area (Å²) < 4.78 is 6.65. The zero-order chi connectivity index (χ0) is 15.4. The molecule has 2 aromatic rings. The topological polar surface area (TPSA) is 64.4 Å². The van der Waals surface area contributed by atoms with Crippen molar-refractivity contribution in [3.8, 4) is 11.5 Å². The number of benzene rings is 2. The number of nitro groups is 1. The monoisotopic (exact) mass is 370 g/mol. The Morgan fingerprint density at radius 3 is 2.67 bits per heavy atom. The lowest BCUT2D eigenvalue weighted by atomic mass is 10.2. The van der Waals surface area contributed by atoms with E-state index < -0.39 is 4.92 Å². The summed E-state index contributed by atoms with van der Waals surface area (Å²) in [7, 11) is 1.84. The summed E-state index contributed by atoms with van der Waals surface area (Å²) >= 11 is 9.42. The normalized spacial score (nSPS) is 10.4. The van der Waals surface area contributed by atoms with E-state index in [0.29, 0.717) is 18.0 Å². The zero-order valence-electron chi connectivity index (χ0n) is 11.1. The Balaban J connectivity index is 2.33. The van der Waals surface area contributed by atoms with Gasteiger partial charge in [-0.25, -0.2) is 0 Å². The molecular weight excluding hydrogens is 360 g/mol. The molecular formula is C14H12BrClN2O3. The highest BCUT2D eigenvalue weighted by atomic mass is 79.9. The van der Waals surface area contributed by atoms with Gasteiger partial charge in [-0.1, -0.05) is 33.6 Å². The number of nitro benzene ring substituents is 1. The second kappa shape index (κ2) is 6.89. The second-order valence-electron chi connectivity index (χ2n) is 4.26. The molecule has 0 fully saturated rings. The number of halogens is 2. The van der Waals surface area contributed by atoms with Crippen molar-refractivity contribution in [1.29, 1.82) is 0 Å². The Hall–Kier alpha value is -1.63. The van der Waals surface area contributed by atoms with Crippen LogP contribution in [0.3, 0.4) is 0 Å². The summed E-state index contributed by atoms with van der Waals surface area (Å²) in [6, 6.07) is 9.78. The van der Waals surface area contributed by atoms with Crippen LogP contribution in [0.2, 0.25) is 5.02 Å². The number of hydrogen-bond acceptors (Lipinski definition) is 4. The molecule has 0 spiro atoms. The van der Waals surface area contributed by atoms with E-state index in [9.17, 15) is 10.1 Å². The minimum absolute atomic E-state index is 0.0722. The number of hydrogen-bond donors (Lipinski definition) is 1. The summed E-state index contributed by atoms with van der Waals surface area (Å²) in [6.45, 7) is 0.632. The minimum atomic E-state index is -0.499. The van der Waals surface area contributed by atoms with Crippen LogP contribution in [0.5, 0.6) is 11.5 Å². The van der Waals surface area contributed by atoms with Gasteiger partial charge in [-0.15, -0.1) is 0 Å². The molecule has 0 saturated heterocycles. The first-order valence-corrected chi connectivity index (χ1v) is 7.23. The molecule has 0 heterocycles. The first-order valence-electron chi connectivity index (χ1n) is 6.06. The number of nitrogens with one attached hydrogen (secondary N) is 1. The highest BCUT2D eigenvalue weighted by Gasteiger charge is 2.12. The van der Waals surface area contributed by atoms with E-state index in [0.717, 1.165) is 10.0 Å². The molecule has 0 aliphatic rings. The van der Waals surface area contributed by atoms with E-state index in [-0.39, 0.29) is 10.7 Å². The van der Waals surface area contributed by atoms with Crippen LogP contribution in [0, 0.1) is 10.1 Å². The fourth-order valence-corrected chi connectivity index (χ4v) is 2.32. The number of nitrogens with zero attached hydrogens (tertiary/aromatic N) is 1. The summed E-state index contributed by atoms with van der Waals surface area (Å²) in [5, 5.41) is 13.9. The quantitative estimate of drug-likeness (QED) is 0.620. The maximum absolute atomic E-state index is 10.7. The van der Waals surface area contributed by atoms with Gasteiger partial charge in [0, 0.05) is 28.7 Å². The molecule has 0 bridgehead atoms. The lowest BCUT2D eigenvalue weighted by molar-refractivity contribution is -0.384. The Bertz CT molecular complexity index is 679. The third-order valence-corrected chi connectivity index (χ3v) is 3.53. The maximum Gasteiger partial charge on any atom is 0.271 e. The van der Waals surface area contributed by atoms with Crippen molar-refractivity contribution in [3.63, 3.8) is 0 Å². The van der Waals surface area contributed by atoms with Gasteiger partial charge >= 0.3 is 0 Å². The van der Waals surface area contributed by atoms with Crippen molar-refractivity contribution in [2.24, 2.45) is 0 Å². The number of rotatable bonds is 5. The van der Waals surface area contributed by atoms with Gasteiger partial charge in [0.05, 0.1) is 9.95 Å². The first-order chi connectivity index (χ1) is 10.0. The van der Waals surface area contributed by atoms with E-state index in [2.05, 4.69) is 21.2 Å². The SMILES string of the molecule is CNCc1ccc(Br)cc1Oc1ccc([N+](=O)[O-])cc1Cl. The third kappa shape index (κ3) is 3.93. The molecule has 5 nitrogen and oxygen atoms in total. The number of ether oxygens (including phenoxy) is 1. The van der Waals surface area contributed by atoms with Gasteiger partial charge in [-0.3, -0.25) is 10.1 Å². The van der Waals surface area contributed by atoms with E-state index in [1.165, 1.54) is 18.2 Å². The molecule has 0 radical (unpaired) electrons. The third-order valence-electron chi connectivity index (χ3n) is 2.74. The van der Waals surface area contributed by atoms with Crippen molar-refractivity contribution in [2.75, 3.05) is 7.05 Å². The van der Waals surface area contributed by atoms with Crippen LogP contribution in [-0.2, 0) is 6.54 Å². The molecule has 0 saturated carbocycles. The summed E-state index contributed by atoms with van der Waals surface area (Å²) in [5.74, 6) is 1.01. The van der Waals surface area contributed by atoms with Crippen molar-refractivity contribution >= 4 is 33.2 Å². The van der Waals surface area contributed by atoms with Gasteiger partial charge in [0.15, 0.2) is 0 Å². The minimum Gasteiger partial charge on any atom is -0.455 e. The first kappa shape index (κ1) is 15.8. The Morgan fingerprint density at radius 1 is 1.29 bits per heavy atom. The molecule has 0 unspecified atom stereocenters. The Morgan fingerprint density at radius 2 is 2.05 bits per heavy atom. The molecule has 2 rings (SSSR count). The van der Waals surface area contributed by atoms with E-state index in [1.54, 1.807) is 0 Å². The molecule has 21 heavy (non-hydrogen) atoms.